The molecule has 0 aliphatic heterocycles. The Morgan fingerprint density at radius 2 is 1.82 bits per heavy atom. The molecule has 0 aliphatic carbocycles. The molecule has 0 fully saturated rings. The number of Topliss-reactive ketones (excluding diaryl/α,β-unsaturated/α-hetero) is 1. The molecule has 8 nitrogen and oxygen atoms in total. The standard InChI is InChI=1S/C20H18N4O4/c21-19(26)17(25)16(10-9-13-6-2-1-3-7-13)24-20(27)18-14(12-23-28-18)15-8-4-5-11-22-15/h1-8,11-12,16H,9-10H2,(H2,21,26)(H,24,27). The number of rotatable bonds is 8. The van der Waals surface area contributed by atoms with Crippen LogP contribution in [-0.4, -0.2) is 33.8 Å². The molecular formula is C20H18N4O4. The topological polar surface area (TPSA) is 128 Å². The third-order valence-corrected chi connectivity index (χ3v) is 4.15. The molecule has 0 bridgehead atoms. The third kappa shape index (κ3) is 4.47. The molecule has 1 atom stereocenters. The fourth-order valence-electron chi connectivity index (χ4n) is 2.73. The van der Waals surface area contributed by atoms with Gasteiger partial charge in [0.2, 0.25) is 11.5 Å². The van der Waals surface area contributed by atoms with Crippen molar-refractivity contribution in [1.82, 2.24) is 15.5 Å². The quantitative estimate of drug-likeness (QED) is 0.572. The molecule has 2 aromatic heterocycles. The van der Waals surface area contributed by atoms with E-state index in [9.17, 15) is 14.4 Å². The van der Waals surface area contributed by atoms with Crippen LogP contribution in [0, 0.1) is 0 Å². The Morgan fingerprint density at radius 3 is 2.50 bits per heavy atom. The number of nitrogens with one attached hydrogen (secondary N) is 1. The molecule has 0 aliphatic rings. The molecular weight excluding hydrogens is 360 g/mol. The van der Waals surface area contributed by atoms with Gasteiger partial charge in [0.15, 0.2) is 0 Å². The Balaban J connectivity index is 1.77. The zero-order valence-electron chi connectivity index (χ0n) is 14.9. The van der Waals surface area contributed by atoms with E-state index in [1.54, 1.807) is 24.4 Å². The van der Waals surface area contributed by atoms with Gasteiger partial charge in [-0.1, -0.05) is 41.6 Å². The number of benzene rings is 1. The van der Waals surface area contributed by atoms with Crippen LogP contribution < -0.4 is 11.1 Å². The number of hydrogen-bond donors (Lipinski definition) is 2. The molecule has 28 heavy (non-hydrogen) atoms. The number of pyridine rings is 1. The Kier molecular flexibility index (Phi) is 5.91. The first-order valence-corrected chi connectivity index (χ1v) is 8.60. The van der Waals surface area contributed by atoms with Gasteiger partial charge in [0.25, 0.3) is 11.8 Å². The minimum Gasteiger partial charge on any atom is -0.363 e. The summed E-state index contributed by atoms with van der Waals surface area (Å²) in [6.45, 7) is 0. The van der Waals surface area contributed by atoms with Gasteiger partial charge >= 0.3 is 0 Å². The second-order valence-electron chi connectivity index (χ2n) is 6.06. The summed E-state index contributed by atoms with van der Waals surface area (Å²) in [5.74, 6) is -2.75. The van der Waals surface area contributed by atoms with Crippen molar-refractivity contribution in [3.05, 3.63) is 72.2 Å². The van der Waals surface area contributed by atoms with Crippen LogP contribution in [0.5, 0.6) is 0 Å². The SMILES string of the molecule is NC(=O)C(=O)C(CCc1ccccc1)NC(=O)c1oncc1-c1ccccn1. The minimum atomic E-state index is -1.11. The van der Waals surface area contributed by atoms with E-state index in [0.717, 1.165) is 5.56 Å². The number of carbonyl (C=O) groups excluding carboxylic acids is 3. The summed E-state index contributed by atoms with van der Waals surface area (Å²) >= 11 is 0. The van der Waals surface area contributed by atoms with Gasteiger partial charge in [0.05, 0.1) is 23.5 Å². The number of nitrogens with zero attached hydrogens (tertiary/aromatic N) is 2. The monoisotopic (exact) mass is 378 g/mol. The zero-order valence-corrected chi connectivity index (χ0v) is 14.9. The number of aryl methyl sites for hydroxylation is 1. The number of amides is 2. The fourth-order valence-corrected chi connectivity index (χ4v) is 2.73. The lowest BCUT2D eigenvalue weighted by atomic mass is 10.0. The smallest absolute Gasteiger partial charge is 0.291 e. The van der Waals surface area contributed by atoms with Gasteiger partial charge in [-0.05, 0) is 30.5 Å². The molecule has 0 radical (unpaired) electrons. The Labute approximate surface area is 160 Å². The van der Waals surface area contributed by atoms with Crippen LogP contribution >= 0.6 is 0 Å². The molecule has 3 rings (SSSR count). The van der Waals surface area contributed by atoms with Crippen LogP contribution in [0.4, 0.5) is 0 Å². The molecule has 0 spiro atoms. The molecule has 2 amide bonds. The summed E-state index contributed by atoms with van der Waals surface area (Å²) in [7, 11) is 0. The maximum absolute atomic E-state index is 12.7. The molecule has 1 unspecified atom stereocenters. The summed E-state index contributed by atoms with van der Waals surface area (Å²) in [4.78, 5) is 40.4. The van der Waals surface area contributed by atoms with E-state index >= 15 is 0 Å². The number of primary amides is 1. The van der Waals surface area contributed by atoms with Gasteiger partial charge in [0.1, 0.15) is 0 Å². The van der Waals surface area contributed by atoms with Crippen molar-refractivity contribution in [3.8, 4) is 11.3 Å². The number of aromatic nitrogens is 2. The van der Waals surface area contributed by atoms with Crippen molar-refractivity contribution in [2.24, 2.45) is 5.73 Å². The molecule has 0 saturated carbocycles. The number of ketones is 1. The van der Waals surface area contributed by atoms with E-state index < -0.39 is 23.6 Å². The second-order valence-corrected chi connectivity index (χ2v) is 6.06. The largest absolute Gasteiger partial charge is 0.363 e. The van der Waals surface area contributed by atoms with E-state index in [2.05, 4.69) is 15.5 Å². The highest BCUT2D eigenvalue weighted by Gasteiger charge is 2.28. The normalized spacial score (nSPS) is 11.6. The number of nitrogens with two attached hydrogens (primary N) is 1. The first-order valence-electron chi connectivity index (χ1n) is 8.60. The lowest BCUT2D eigenvalue weighted by molar-refractivity contribution is -0.137. The molecule has 0 saturated heterocycles. The summed E-state index contributed by atoms with van der Waals surface area (Å²) < 4.78 is 5.06. The average Bonchev–Trinajstić information content (AvgIpc) is 3.22. The maximum atomic E-state index is 12.7. The van der Waals surface area contributed by atoms with E-state index in [1.165, 1.54) is 6.20 Å². The molecule has 3 aromatic rings. The van der Waals surface area contributed by atoms with Crippen LogP contribution in [0.3, 0.4) is 0 Å². The summed E-state index contributed by atoms with van der Waals surface area (Å²) in [5.41, 5.74) is 6.98. The summed E-state index contributed by atoms with van der Waals surface area (Å²) in [6.07, 6.45) is 3.63. The van der Waals surface area contributed by atoms with Crippen molar-refractivity contribution >= 4 is 17.6 Å². The lowest BCUT2D eigenvalue weighted by Crippen LogP contribution is -2.46. The number of hydrogen-bond acceptors (Lipinski definition) is 6. The van der Waals surface area contributed by atoms with Crippen LogP contribution in [0.15, 0.2) is 65.4 Å². The predicted molar refractivity (Wildman–Crippen MR) is 100.0 cm³/mol. The Hall–Kier alpha value is -3.81. The van der Waals surface area contributed by atoms with Gasteiger partial charge < -0.3 is 15.6 Å². The van der Waals surface area contributed by atoms with Gasteiger partial charge in [-0.3, -0.25) is 19.4 Å². The van der Waals surface area contributed by atoms with Crippen molar-refractivity contribution in [1.29, 1.82) is 0 Å². The van der Waals surface area contributed by atoms with E-state index in [0.29, 0.717) is 17.7 Å². The van der Waals surface area contributed by atoms with Crippen molar-refractivity contribution in [2.45, 2.75) is 18.9 Å². The highest BCUT2D eigenvalue weighted by molar-refractivity contribution is 6.38. The third-order valence-electron chi connectivity index (χ3n) is 4.15. The van der Waals surface area contributed by atoms with Crippen molar-refractivity contribution in [2.75, 3.05) is 0 Å². The fraction of sp³-hybridized carbons (Fsp3) is 0.150. The van der Waals surface area contributed by atoms with Gasteiger partial charge in [0, 0.05) is 6.20 Å². The first-order chi connectivity index (χ1) is 13.6. The van der Waals surface area contributed by atoms with E-state index in [1.807, 2.05) is 30.3 Å². The Bertz CT molecular complexity index is 970. The molecule has 142 valence electrons. The maximum Gasteiger partial charge on any atom is 0.291 e. The summed E-state index contributed by atoms with van der Waals surface area (Å²) in [6, 6.07) is 13.5. The van der Waals surface area contributed by atoms with Crippen LogP contribution in [-0.2, 0) is 16.0 Å². The van der Waals surface area contributed by atoms with Crippen molar-refractivity contribution < 1.29 is 18.9 Å². The lowest BCUT2D eigenvalue weighted by Gasteiger charge is -2.15. The second kappa shape index (κ2) is 8.72. The summed E-state index contributed by atoms with van der Waals surface area (Å²) in [5, 5.41) is 6.18. The molecule has 1 aromatic carbocycles. The average molecular weight is 378 g/mol. The van der Waals surface area contributed by atoms with E-state index in [4.69, 9.17) is 10.3 Å². The van der Waals surface area contributed by atoms with E-state index in [-0.39, 0.29) is 12.2 Å². The van der Waals surface area contributed by atoms with Crippen LogP contribution in [0.2, 0.25) is 0 Å². The highest BCUT2D eigenvalue weighted by Crippen LogP contribution is 2.21. The zero-order chi connectivity index (χ0) is 19.9. The molecule has 2 heterocycles. The van der Waals surface area contributed by atoms with Crippen LogP contribution in [0.1, 0.15) is 22.5 Å². The predicted octanol–water partition coefficient (Wildman–Crippen LogP) is 1.52. The van der Waals surface area contributed by atoms with Gasteiger partial charge in [-0.15, -0.1) is 0 Å². The number of carbonyl (C=O) groups is 3. The molecule has 8 heteroatoms. The van der Waals surface area contributed by atoms with Gasteiger partial charge in [-0.2, -0.15) is 0 Å². The first kappa shape index (κ1) is 19.0. The van der Waals surface area contributed by atoms with Crippen molar-refractivity contribution in [3.63, 3.8) is 0 Å². The Morgan fingerprint density at radius 1 is 1.07 bits per heavy atom. The van der Waals surface area contributed by atoms with Crippen LogP contribution in [0.25, 0.3) is 11.3 Å². The minimum absolute atomic E-state index is 0.0966. The highest BCUT2D eigenvalue weighted by atomic mass is 16.5. The molecule has 3 N–H and O–H groups in total. The van der Waals surface area contributed by atoms with Gasteiger partial charge in [-0.25, -0.2) is 0 Å².